The molecule has 0 bridgehead atoms. The number of hydrogen-bond donors (Lipinski definition) is 1. The molecule has 1 aromatic heterocycles. The van der Waals surface area contributed by atoms with E-state index in [0.717, 1.165) is 27.9 Å². The monoisotopic (exact) mass is 565 g/mol. The van der Waals surface area contributed by atoms with E-state index in [9.17, 15) is 9.59 Å². The molecule has 0 spiro atoms. The number of ether oxygens (including phenoxy) is 2. The fraction of sp³-hybridized carbons (Fsp3) is 0.152. The Morgan fingerprint density at radius 2 is 1.37 bits per heavy atom. The zero-order chi connectivity index (χ0) is 29.1. The molecule has 0 radical (unpaired) electrons. The van der Waals surface area contributed by atoms with Crippen molar-refractivity contribution in [1.29, 1.82) is 0 Å². The minimum absolute atomic E-state index is 0.261. The molecule has 206 valence electrons. The van der Waals surface area contributed by atoms with Gasteiger partial charge in [0.05, 0.1) is 40.1 Å². The molecule has 0 fully saturated rings. The number of nitrogens with zero attached hydrogens (tertiary/aromatic N) is 2. The Bertz CT molecular complexity index is 1750. The van der Waals surface area contributed by atoms with Crippen LogP contribution in [0.1, 0.15) is 28.4 Å². The van der Waals surface area contributed by atoms with Gasteiger partial charge in [-0.25, -0.2) is 14.8 Å². The Kier molecular flexibility index (Phi) is 7.99. The van der Waals surface area contributed by atoms with Crippen LogP contribution in [0.5, 0.6) is 5.75 Å². The second-order valence-electron chi connectivity index (χ2n) is 9.74. The van der Waals surface area contributed by atoms with Gasteiger partial charge in [-0.1, -0.05) is 71.3 Å². The highest BCUT2D eigenvalue weighted by Gasteiger charge is 2.21. The lowest BCUT2D eigenvalue weighted by Gasteiger charge is -2.15. The van der Waals surface area contributed by atoms with E-state index in [-0.39, 0.29) is 5.56 Å². The number of carbonyl (C=O) groups excluding carboxylic acids is 2. The fourth-order valence-electron chi connectivity index (χ4n) is 4.28. The summed E-state index contributed by atoms with van der Waals surface area (Å²) in [6, 6.07) is 26.1. The van der Waals surface area contributed by atoms with E-state index in [0.29, 0.717) is 33.2 Å². The van der Waals surface area contributed by atoms with E-state index in [2.05, 4.69) is 5.32 Å². The molecular weight excluding hydrogens is 538 g/mol. The lowest BCUT2D eigenvalue weighted by molar-refractivity contribution is -0.123. The van der Waals surface area contributed by atoms with Crippen molar-refractivity contribution in [3.8, 4) is 28.3 Å². The number of carbonyl (C=O) groups is 2. The molecule has 8 heteroatoms. The van der Waals surface area contributed by atoms with Gasteiger partial charge in [-0.05, 0) is 57.2 Å². The van der Waals surface area contributed by atoms with Crippen LogP contribution in [0, 0.1) is 13.8 Å². The second kappa shape index (κ2) is 11.8. The third kappa shape index (κ3) is 6.21. The number of amides is 1. The van der Waals surface area contributed by atoms with Crippen LogP contribution in [0.2, 0.25) is 5.02 Å². The van der Waals surface area contributed by atoms with Gasteiger partial charge in [0.25, 0.3) is 5.91 Å². The van der Waals surface area contributed by atoms with Crippen LogP contribution in [0.25, 0.3) is 33.5 Å². The van der Waals surface area contributed by atoms with Crippen LogP contribution >= 0.6 is 11.6 Å². The molecule has 4 aromatic carbocycles. The molecule has 0 aliphatic carbocycles. The average molecular weight is 566 g/mol. The van der Waals surface area contributed by atoms with Crippen molar-refractivity contribution in [3.63, 3.8) is 0 Å². The average Bonchev–Trinajstić information content (AvgIpc) is 2.97. The van der Waals surface area contributed by atoms with Gasteiger partial charge in [0.15, 0.2) is 6.10 Å². The zero-order valence-electron chi connectivity index (χ0n) is 23.1. The summed E-state index contributed by atoms with van der Waals surface area (Å²) < 4.78 is 10.6. The van der Waals surface area contributed by atoms with Crippen molar-refractivity contribution in [2.24, 2.45) is 0 Å². The van der Waals surface area contributed by atoms with E-state index >= 15 is 0 Å². The van der Waals surface area contributed by atoms with Crippen molar-refractivity contribution in [1.82, 2.24) is 9.97 Å². The number of rotatable bonds is 7. The minimum atomic E-state index is -1.06. The van der Waals surface area contributed by atoms with Crippen molar-refractivity contribution in [2.45, 2.75) is 26.9 Å². The number of aromatic nitrogens is 2. The van der Waals surface area contributed by atoms with Crippen molar-refractivity contribution in [3.05, 3.63) is 107 Å². The van der Waals surface area contributed by atoms with Crippen molar-refractivity contribution >= 4 is 40.2 Å². The quantitative estimate of drug-likeness (QED) is 0.206. The normalized spacial score (nSPS) is 11.6. The summed E-state index contributed by atoms with van der Waals surface area (Å²) in [5.74, 6) is -0.659. The number of anilines is 1. The summed E-state index contributed by atoms with van der Waals surface area (Å²) in [6.07, 6.45) is -1.06. The SMILES string of the molecule is COc1ccc(NC(=O)C(C)OC(=O)c2ccc3nc(-c4ccc(C)cc4)c(-c4ccc(C)cc4)nc3c2)cc1Cl. The largest absolute Gasteiger partial charge is 0.495 e. The van der Waals surface area contributed by atoms with Crippen molar-refractivity contribution < 1.29 is 19.1 Å². The summed E-state index contributed by atoms with van der Waals surface area (Å²) in [5.41, 5.74) is 7.49. The van der Waals surface area contributed by atoms with Crippen molar-refractivity contribution in [2.75, 3.05) is 12.4 Å². The van der Waals surface area contributed by atoms with Gasteiger partial charge in [-0.3, -0.25) is 4.79 Å². The Morgan fingerprint density at radius 1 is 0.780 bits per heavy atom. The standard InChI is InChI=1S/C33H28ClN3O4/c1-19-5-9-22(10-6-19)30-31(23-11-7-20(2)8-12-23)37-28-17-24(13-15-27(28)36-30)33(39)41-21(3)32(38)35-25-14-16-29(40-4)26(34)18-25/h5-18,21H,1-4H3,(H,35,38). The fourth-order valence-corrected chi connectivity index (χ4v) is 4.53. The Morgan fingerprint density at radius 3 is 1.93 bits per heavy atom. The first-order valence-electron chi connectivity index (χ1n) is 13.0. The molecular formula is C33H28ClN3O4. The predicted molar refractivity (Wildman–Crippen MR) is 161 cm³/mol. The van der Waals surface area contributed by atoms with Crippen LogP contribution in [-0.2, 0) is 9.53 Å². The Balaban J connectivity index is 1.42. The molecule has 1 heterocycles. The lowest BCUT2D eigenvalue weighted by Crippen LogP contribution is -2.30. The predicted octanol–water partition coefficient (Wildman–Crippen LogP) is 7.43. The minimum Gasteiger partial charge on any atom is -0.495 e. The molecule has 41 heavy (non-hydrogen) atoms. The van der Waals surface area contributed by atoms with E-state index in [4.69, 9.17) is 31.0 Å². The maximum Gasteiger partial charge on any atom is 0.338 e. The molecule has 1 amide bonds. The van der Waals surface area contributed by atoms with Crippen LogP contribution in [0.15, 0.2) is 84.9 Å². The maximum atomic E-state index is 13.0. The second-order valence-corrected chi connectivity index (χ2v) is 10.1. The van der Waals surface area contributed by atoms with Gasteiger partial charge in [0.2, 0.25) is 0 Å². The summed E-state index contributed by atoms with van der Waals surface area (Å²) in [7, 11) is 1.51. The molecule has 0 aliphatic heterocycles. The van der Waals surface area contributed by atoms with E-state index in [1.54, 1.807) is 36.4 Å². The number of esters is 1. The maximum absolute atomic E-state index is 13.0. The Labute approximate surface area is 243 Å². The van der Waals surface area contributed by atoms with Gasteiger partial charge in [0.1, 0.15) is 5.75 Å². The van der Waals surface area contributed by atoms with Crippen LogP contribution in [0.3, 0.4) is 0 Å². The third-order valence-corrected chi connectivity index (χ3v) is 6.92. The topological polar surface area (TPSA) is 90.4 Å². The number of fused-ring (bicyclic) bond motifs is 1. The van der Waals surface area contributed by atoms with E-state index < -0.39 is 18.0 Å². The summed E-state index contributed by atoms with van der Waals surface area (Å²) in [4.78, 5) is 35.6. The molecule has 5 rings (SSSR count). The summed E-state index contributed by atoms with van der Waals surface area (Å²) in [5, 5.41) is 3.05. The third-order valence-electron chi connectivity index (χ3n) is 6.62. The highest BCUT2D eigenvalue weighted by Crippen LogP contribution is 2.32. The number of nitrogens with one attached hydrogen (secondary N) is 1. The highest BCUT2D eigenvalue weighted by atomic mass is 35.5. The van der Waals surface area contributed by atoms with Gasteiger partial charge in [0, 0.05) is 16.8 Å². The Hall–Kier alpha value is -4.75. The van der Waals surface area contributed by atoms with Gasteiger partial charge in [-0.15, -0.1) is 0 Å². The van der Waals surface area contributed by atoms with Crippen LogP contribution in [0.4, 0.5) is 5.69 Å². The van der Waals surface area contributed by atoms with Crippen LogP contribution in [-0.4, -0.2) is 35.1 Å². The first kappa shape index (κ1) is 27.8. The van der Waals surface area contributed by atoms with E-state index in [1.165, 1.54) is 14.0 Å². The number of aryl methyl sites for hydroxylation is 2. The first-order chi connectivity index (χ1) is 19.7. The molecule has 1 atom stereocenters. The smallest absolute Gasteiger partial charge is 0.338 e. The molecule has 1 N–H and O–H groups in total. The van der Waals surface area contributed by atoms with E-state index in [1.807, 2.05) is 62.4 Å². The number of halogens is 1. The molecule has 7 nitrogen and oxygen atoms in total. The number of benzene rings is 4. The molecule has 0 saturated carbocycles. The van der Waals surface area contributed by atoms with Gasteiger partial charge < -0.3 is 14.8 Å². The first-order valence-corrected chi connectivity index (χ1v) is 13.4. The van der Waals surface area contributed by atoms with Crippen LogP contribution < -0.4 is 10.1 Å². The zero-order valence-corrected chi connectivity index (χ0v) is 23.8. The molecule has 0 saturated heterocycles. The summed E-state index contributed by atoms with van der Waals surface area (Å²) in [6.45, 7) is 5.57. The lowest BCUT2D eigenvalue weighted by atomic mass is 10.0. The highest BCUT2D eigenvalue weighted by molar-refractivity contribution is 6.32. The van der Waals surface area contributed by atoms with Gasteiger partial charge in [-0.2, -0.15) is 0 Å². The number of hydrogen-bond acceptors (Lipinski definition) is 6. The molecule has 5 aromatic rings. The molecule has 0 aliphatic rings. The number of methoxy groups -OCH3 is 1. The summed E-state index contributed by atoms with van der Waals surface area (Å²) >= 11 is 6.14. The van der Waals surface area contributed by atoms with Gasteiger partial charge >= 0.3 is 5.97 Å². The molecule has 1 unspecified atom stereocenters.